The van der Waals surface area contributed by atoms with Gasteiger partial charge in [0.25, 0.3) is 0 Å². The van der Waals surface area contributed by atoms with Crippen LogP contribution in [-0.4, -0.2) is 31.8 Å². The van der Waals surface area contributed by atoms with Gasteiger partial charge in [0.1, 0.15) is 0 Å². The summed E-state index contributed by atoms with van der Waals surface area (Å²) in [7, 11) is -1.62. The molecule has 0 aliphatic rings. The van der Waals surface area contributed by atoms with Crippen molar-refractivity contribution in [1.29, 1.82) is 0 Å². The van der Waals surface area contributed by atoms with Crippen LogP contribution in [0.2, 0.25) is 0 Å². The minimum absolute atomic E-state index is 0.371. The zero-order chi connectivity index (χ0) is 14.4. The molecule has 0 atom stereocenters. The topological polar surface area (TPSA) is 76.0 Å². The van der Waals surface area contributed by atoms with Crippen LogP contribution in [0.5, 0.6) is 0 Å². The van der Waals surface area contributed by atoms with Gasteiger partial charge in [0.2, 0.25) is 10.0 Å². The fourth-order valence-electron chi connectivity index (χ4n) is 1.82. The van der Waals surface area contributed by atoms with E-state index in [0.29, 0.717) is 31.0 Å². The van der Waals surface area contributed by atoms with Crippen molar-refractivity contribution in [3.05, 3.63) is 34.8 Å². The molecule has 8 heteroatoms. The number of thiophene rings is 1. The van der Waals surface area contributed by atoms with Crippen molar-refractivity contribution in [3.63, 3.8) is 0 Å². The highest BCUT2D eigenvalue weighted by Gasteiger charge is 2.18. The van der Waals surface area contributed by atoms with Crippen LogP contribution in [0.15, 0.2) is 34.8 Å². The zero-order valence-electron chi connectivity index (χ0n) is 11.2. The molecule has 0 fully saturated rings. The van der Waals surface area contributed by atoms with E-state index in [4.69, 9.17) is 0 Å². The molecule has 2 rings (SSSR count). The van der Waals surface area contributed by atoms with E-state index >= 15 is 0 Å². The molecule has 2 heterocycles. The van der Waals surface area contributed by atoms with Crippen LogP contribution in [-0.2, 0) is 23.1 Å². The first-order valence-corrected chi connectivity index (χ1v) is 8.68. The predicted octanol–water partition coefficient (Wildman–Crippen LogP) is 1.03. The number of hydrogen-bond donors (Lipinski definition) is 2. The molecule has 0 unspecified atom stereocenters. The highest BCUT2D eigenvalue weighted by Crippen LogP contribution is 2.21. The molecule has 0 saturated heterocycles. The molecule has 20 heavy (non-hydrogen) atoms. The van der Waals surface area contributed by atoms with Crippen molar-refractivity contribution in [2.45, 2.75) is 24.4 Å². The van der Waals surface area contributed by atoms with Crippen LogP contribution in [0.3, 0.4) is 0 Å². The zero-order valence-corrected chi connectivity index (χ0v) is 12.9. The third kappa shape index (κ3) is 3.89. The normalized spacial score (nSPS) is 11.8. The van der Waals surface area contributed by atoms with Crippen molar-refractivity contribution in [1.82, 2.24) is 19.8 Å². The third-order valence-corrected chi connectivity index (χ3v) is 5.34. The van der Waals surface area contributed by atoms with Gasteiger partial charge in [-0.05, 0) is 31.0 Å². The second-order valence-electron chi connectivity index (χ2n) is 4.26. The van der Waals surface area contributed by atoms with E-state index in [2.05, 4.69) is 15.1 Å². The van der Waals surface area contributed by atoms with Crippen LogP contribution in [0.4, 0.5) is 0 Å². The van der Waals surface area contributed by atoms with Gasteiger partial charge >= 0.3 is 0 Å². The Morgan fingerprint density at radius 1 is 1.45 bits per heavy atom. The van der Waals surface area contributed by atoms with Crippen LogP contribution in [0.1, 0.15) is 11.3 Å². The lowest BCUT2D eigenvalue weighted by Crippen LogP contribution is -2.26. The number of sulfonamides is 1. The van der Waals surface area contributed by atoms with Crippen LogP contribution < -0.4 is 10.0 Å². The Morgan fingerprint density at radius 3 is 3.00 bits per heavy atom. The summed E-state index contributed by atoms with van der Waals surface area (Å²) >= 11 is 1.44. The highest BCUT2D eigenvalue weighted by molar-refractivity contribution is 7.89. The molecule has 2 aromatic rings. The van der Waals surface area contributed by atoms with Crippen LogP contribution >= 0.6 is 11.3 Å². The quantitative estimate of drug-likeness (QED) is 0.714. The van der Waals surface area contributed by atoms with Gasteiger partial charge in [0.05, 0.1) is 4.90 Å². The number of aromatic nitrogens is 2. The summed E-state index contributed by atoms with van der Waals surface area (Å²) in [5.41, 5.74) is 0. The van der Waals surface area contributed by atoms with Gasteiger partial charge < -0.3 is 5.32 Å². The van der Waals surface area contributed by atoms with Gasteiger partial charge in [-0.15, -0.1) is 11.3 Å². The van der Waals surface area contributed by atoms with Crippen molar-refractivity contribution in [2.24, 2.45) is 0 Å². The minimum Gasteiger partial charge on any atom is -0.315 e. The highest BCUT2D eigenvalue weighted by atomic mass is 32.2. The van der Waals surface area contributed by atoms with E-state index in [0.717, 1.165) is 4.88 Å². The van der Waals surface area contributed by atoms with E-state index in [-0.39, 0.29) is 0 Å². The number of nitrogens with zero attached hydrogens (tertiary/aromatic N) is 2. The maximum atomic E-state index is 12.2. The smallest absolute Gasteiger partial charge is 0.241 e. The molecule has 0 aliphatic heterocycles. The van der Waals surface area contributed by atoms with Crippen molar-refractivity contribution in [3.8, 4) is 0 Å². The van der Waals surface area contributed by atoms with Gasteiger partial charge in [-0.25, -0.2) is 13.1 Å². The first kappa shape index (κ1) is 15.2. The van der Waals surface area contributed by atoms with Gasteiger partial charge in [-0.3, -0.25) is 4.68 Å². The Balaban J connectivity index is 1.88. The molecule has 0 aliphatic carbocycles. The first-order valence-electron chi connectivity index (χ1n) is 6.31. The Morgan fingerprint density at radius 2 is 2.30 bits per heavy atom. The Bertz CT molecular complexity index is 620. The maximum absolute atomic E-state index is 12.2. The van der Waals surface area contributed by atoms with Gasteiger partial charge in [-0.2, -0.15) is 5.10 Å². The molecule has 0 saturated carbocycles. The molecule has 0 aromatic carbocycles. The lowest BCUT2D eigenvalue weighted by Gasteiger charge is -2.07. The van der Waals surface area contributed by atoms with Crippen LogP contribution in [0, 0.1) is 0 Å². The second-order valence-corrected chi connectivity index (χ2v) is 6.99. The molecular formula is C12H18N4O2S2. The molecule has 6 nitrogen and oxygen atoms in total. The van der Waals surface area contributed by atoms with Gasteiger partial charge in [0.15, 0.2) is 0 Å². The van der Waals surface area contributed by atoms with E-state index in [1.807, 2.05) is 12.3 Å². The largest absolute Gasteiger partial charge is 0.315 e. The van der Waals surface area contributed by atoms with Crippen LogP contribution in [0.25, 0.3) is 0 Å². The van der Waals surface area contributed by atoms with E-state index in [1.165, 1.54) is 11.3 Å². The average molecular weight is 314 g/mol. The summed E-state index contributed by atoms with van der Waals surface area (Å²) in [6, 6.07) is 3.49. The summed E-state index contributed by atoms with van der Waals surface area (Å²) in [5, 5.41) is 8.84. The molecule has 0 bridgehead atoms. The summed E-state index contributed by atoms with van der Waals surface area (Å²) in [6.07, 6.45) is 4.27. The SMILES string of the molecule is CNCc1sccc1S(=O)(=O)NCCCn1cccn1. The molecule has 110 valence electrons. The van der Waals surface area contributed by atoms with Crippen molar-refractivity contribution in [2.75, 3.05) is 13.6 Å². The molecule has 2 N–H and O–H groups in total. The number of hydrogen-bond acceptors (Lipinski definition) is 5. The first-order chi connectivity index (χ1) is 9.63. The summed E-state index contributed by atoms with van der Waals surface area (Å²) in [4.78, 5) is 1.20. The van der Waals surface area contributed by atoms with Gasteiger partial charge in [0, 0.05) is 36.9 Å². The number of rotatable bonds is 8. The third-order valence-electron chi connectivity index (χ3n) is 2.75. The monoisotopic (exact) mass is 314 g/mol. The number of nitrogens with one attached hydrogen (secondary N) is 2. The Kier molecular flexibility index (Phi) is 5.30. The van der Waals surface area contributed by atoms with Gasteiger partial charge in [-0.1, -0.05) is 0 Å². The fourth-order valence-corrected chi connectivity index (χ4v) is 4.34. The molecule has 0 spiro atoms. The standard InChI is InChI=1S/C12H18N4O2S2/c1-13-10-11-12(4-9-19-11)20(17,18)15-6-3-8-16-7-2-5-14-16/h2,4-5,7,9,13,15H,3,6,8,10H2,1H3. The van der Waals surface area contributed by atoms with Crippen molar-refractivity contribution < 1.29 is 8.42 Å². The summed E-state index contributed by atoms with van der Waals surface area (Å²) in [6.45, 7) is 1.65. The average Bonchev–Trinajstić information content (AvgIpc) is 3.06. The Hall–Kier alpha value is -1.22. The van der Waals surface area contributed by atoms with E-state index < -0.39 is 10.0 Å². The fraction of sp³-hybridized carbons (Fsp3) is 0.417. The molecule has 0 radical (unpaired) electrons. The molecular weight excluding hydrogens is 296 g/mol. The van der Waals surface area contributed by atoms with Crippen molar-refractivity contribution >= 4 is 21.4 Å². The number of aryl methyl sites for hydroxylation is 1. The lowest BCUT2D eigenvalue weighted by atomic mass is 10.4. The molecule has 0 amide bonds. The second kappa shape index (κ2) is 6.98. The maximum Gasteiger partial charge on any atom is 0.241 e. The van der Waals surface area contributed by atoms with E-state index in [1.54, 1.807) is 29.4 Å². The Labute approximate surface area is 122 Å². The van der Waals surface area contributed by atoms with E-state index in [9.17, 15) is 8.42 Å². The minimum atomic E-state index is -3.42. The summed E-state index contributed by atoms with van der Waals surface area (Å²) < 4.78 is 28.8. The lowest BCUT2D eigenvalue weighted by molar-refractivity contribution is 0.552. The predicted molar refractivity (Wildman–Crippen MR) is 79.1 cm³/mol. The summed E-state index contributed by atoms with van der Waals surface area (Å²) in [5.74, 6) is 0. The molecule has 2 aromatic heterocycles.